The third kappa shape index (κ3) is 6.26. The van der Waals surface area contributed by atoms with Crippen molar-refractivity contribution in [3.05, 3.63) is 42.3 Å². The zero-order chi connectivity index (χ0) is 9.68. The van der Waals surface area contributed by atoms with Gasteiger partial charge >= 0.3 is 25.4 Å². The summed E-state index contributed by atoms with van der Waals surface area (Å²) in [6, 6.07) is 7.81. The fraction of sp³-hybridized carbons (Fsp3) is 0.273. The molecule has 1 rings (SSSR count). The van der Waals surface area contributed by atoms with Crippen LogP contribution in [0.4, 0.5) is 0 Å². The molecule has 0 saturated carbocycles. The van der Waals surface area contributed by atoms with Gasteiger partial charge in [-0.1, -0.05) is 29.8 Å². The van der Waals surface area contributed by atoms with Crippen LogP contribution in [0.25, 0.3) is 0 Å². The number of benzene rings is 1. The van der Waals surface area contributed by atoms with Gasteiger partial charge in [-0.05, 0) is 5.56 Å². The van der Waals surface area contributed by atoms with Crippen LogP contribution in [0.5, 0.6) is 0 Å². The van der Waals surface area contributed by atoms with Gasteiger partial charge < -0.3 is 35.6 Å². The summed E-state index contributed by atoms with van der Waals surface area (Å²) in [6.07, 6.45) is 1.08. The van der Waals surface area contributed by atoms with Gasteiger partial charge in [-0.15, -0.1) is 0 Å². The molecule has 0 heterocycles. The zero-order valence-corrected chi connectivity index (χ0v) is 14.0. The van der Waals surface area contributed by atoms with E-state index in [9.17, 15) is 4.79 Å². The van der Waals surface area contributed by atoms with Crippen LogP contribution in [0.1, 0.15) is 11.1 Å². The summed E-state index contributed by atoms with van der Waals surface area (Å²) in [5, 5.41) is 0. The number of carbonyl (C=O) groups excluding carboxylic acids is 1. The Labute approximate surface area is 121 Å². The molecule has 78 valence electrons. The van der Waals surface area contributed by atoms with Gasteiger partial charge in [-0.25, -0.2) is 0 Å². The molecule has 0 aromatic heterocycles. The van der Waals surface area contributed by atoms with E-state index in [1.54, 1.807) is 0 Å². The first kappa shape index (κ1) is 17.4. The van der Waals surface area contributed by atoms with Crippen LogP contribution >= 0.6 is 0 Å². The van der Waals surface area contributed by atoms with Gasteiger partial charge in [0.25, 0.3) is 0 Å². The Bertz CT molecular complexity index is 302. The summed E-state index contributed by atoms with van der Waals surface area (Å²) in [7, 11) is 1.40. The Morgan fingerprint density at radius 2 is 2.00 bits per heavy atom. The SMILES string of the molecule is [CH2-]Cc1cccc(CC(=O)OC)c1.[I-].[Zn+2]. The number of halogens is 1. The molecule has 1 aromatic rings. The first-order valence-corrected chi connectivity index (χ1v) is 4.20. The maximum atomic E-state index is 10.9. The number of hydrogen-bond donors (Lipinski definition) is 0. The van der Waals surface area contributed by atoms with Crippen molar-refractivity contribution in [3.8, 4) is 0 Å². The van der Waals surface area contributed by atoms with E-state index in [2.05, 4.69) is 11.7 Å². The second-order valence-electron chi connectivity index (χ2n) is 2.82. The maximum Gasteiger partial charge on any atom is 2.00 e. The smallest absolute Gasteiger partial charge is 1.00 e. The van der Waals surface area contributed by atoms with Gasteiger partial charge in [0.2, 0.25) is 0 Å². The van der Waals surface area contributed by atoms with E-state index in [-0.39, 0.29) is 49.4 Å². The van der Waals surface area contributed by atoms with Gasteiger partial charge in [-0.3, -0.25) is 4.79 Å². The van der Waals surface area contributed by atoms with Crippen LogP contribution in [0.2, 0.25) is 0 Å². The van der Waals surface area contributed by atoms with Crippen molar-refractivity contribution in [3.63, 3.8) is 0 Å². The number of ether oxygens (including phenoxy) is 1. The summed E-state index contributed by atoms with van der Waals surface area (Å²) in [5.41, 5.74) is 2.12. The molecule has 1 aromatic carbocycles. The molecule has 0 fully saturated rings. The predicted octanol–water partition coefficient (Wildman–Crippen LogP) is -1.22. The molecule has 0 aliphatic heterocycles. The van der Waals surface area contributed by atoms with Crippen molar-refractivity contribution >= 4 is 5.97 Å². The number of methoxy groups -OCH3 is 1. The molecular weight excluding hydrogens is 356 g/mol. The van der Waals surface area contributed by atoms with Crippen molar-refractivity contribution in [1.82, 2.24) is 0 Å². The number of rotatable bonds is 3. The van der Waals surface area contributed by atoms with Crippen LogP contribution in [0.3, 0.4) is 0 Å². The van der Waals surface area contributed by atoms with E-state index in [0.717, 1.165) is 17.5 Å². The van der Waals surface area contributed by atoms with Crippen LogP contribution in [0.15, 0.2) is 24.3 Å². The van der Waals surface area contributed by atoms with Crippen LogP contribution < -0.4 is 24.0 Å². The molecule has 0 atom stereocenters. The zero-order valence-electron chi connectivity index (χ0n) is 8.83. The Hall–Kier alpha value is 0.0434. The molecule has 0 bridgehead atoms. The van der Waals surface area contributed by atoms with Crippen molar-refractivity contribution in [2.45, 2.75) is 12.8 Å². The number of esters is 1. The first-order chi connectivity index (χ1) is 6.26. The van der Waals surface area contributed by atoms with Crippen molar-refractivity contribution < 1.29 is 53.0 Å². The Morgan fingerprint density at radius 1 is 1.40 bits per heavy atom. The standard InChI is InChI=1S/C11H13O2.HI.Zn/c1-3-9-5-4-6-10(7-9)8-11(12)13-2;;/h4-7H,1,3,8H2,2H3;1H;/q-1;;+2/p-1. The van der Waals surface area contributed by atoms with E-state index in [0.29, 0.717) is 6.42 Å². The molecule has 0 aliphatic rings. The normalized spacial score (nSPS) is 8.40. The van der Waals surface area contributed by atoms with Gasteiger partial charge in [0.1, 0.15) is 0 Å². The topological polar surface area (TPSA) is 26.3 Å². The Morgan fingerprint density at radius 3 is 2.53 bits per heavy atom. The van der Waals surface area contributed by atoms with E-state index in [1.807, 2.05) is 24.3 Å². The van der Waals surface area contributed by atoms with Gasteiger partial charge in [0, 0.05) is 0 Å². The molecule has 15 heavy (non-hydrogen) atoms. The third-order valence-corrected chi connectivity index (χ3v) is 1.86. The van der Waals surface area contributed by atoms with Crippen LogP contribution in [-0.2, 0) is 41.9 Å². The molecule has 4 heteroatoms. The molecule has 0 saturated heterocycles. The minimum Gasteiger partial charge on any atom is -1.00 e. The van der Waals surface area contributed by atoms with Crippen molar-refractivity contribution in [2.75, 3.05) is 7.11 Å². The maximum absolute atomic E-state index is 10.9. The summed E-state index contributed by atoms with van der Waals surface area (Å²) in [4.78, 5) is 10.9. The van der Waals surface area contributed by atoms with Crippen molar-refractivity contribution in [2.24, 2.45) is 0 Å². The summed E-state index contributed by atoms with van der Waals surface area (Å²) < 4.78 is 4.57. The molecule has 0 radical (unpaired) electrons. The molecule has 0 unspecified atom stereocenters. The molecule has 0 aliphatic carbocycles. The first-order valence-electron chi connectivity index (χ1n) is 4.20. The van der Waals surface area contributed by atoms with E-state index in [4.69, 9.17) is 0 Å². The monoisotopic (exact) mass is 368 g/mol. The van der Waals surface area contributed by atoms with E-state index in [1.165, 1.54) is 7.11 Å². The second kappa shape index (κ2) is 9.28. The predicted molar refractivity (Wildman–Crippen MR) is 51.2 cm³/mol. The van der Waals surface area contributed by atoms with E-state index < -0.39 is 0 Å². The Balaban J connectivity index is 0. The fourth-order valence-electron chi connectivity index (χ4n) is 1.13. The average molecular weight is 370 g/mol. The molecule has 0 N–H and O–H groups in total. The Kier molecular flexibility index (Phi) is 10.8. The molecule has 0 spiro atoms. The number of carbonyl (C=O) groups is 1. The second-order valence-corrected chi connectivity index (χ2v) is 2.82. The molecule has 2 nitrogen and oxygen atoms in total. The molecular formula is C11H13IO2Zn. The average Bonchev–Trinajstić information content (AvgIpc) is 2.18. The minimum absolute atomic E-state index is 0. The largest absolute Gasteiger partial charge is 2.00 e. The summed E-state index contributed by atoms with van der Waals surface area (Å²) >= 11 is 0. The van der Waals surface area contributed by atoms with Crippen molar-refractivity contribution in [1.29, 1.82) is 0 Å². The van der Waals surface area contributed by atoms with Crippen LogP contribution in [0, 0.1) is 6.92 Å². The van der Waals surface area contributed by atoms with Gasteiger partial charge in [-0.2, -0.15) is 6.42 Å². The summed E-state index contributed by atoms with van der Waals surface area (Å²) in [6.45, 7) is 3.78. The van der Waals surface area contributed by atoms with Crippen LogP contribution in [-0.4, -0.2) is 13.1 Å². The van der Waals surface area contributed by atoms with Gasteiger partial charge in [0.15, 0.2) is 0 Å². The number of hydrogen-bond acceptors (Lipinski definition) is 2. The quantitative estimate of drug-likeness (QED) is 0.289. The fourth-order valence-corrected chi connectivity index (χ4v) is 1.13. The minimum atomic E-state index is -0.207. The third-order valence-electron chi connectivity index (χ3n) is 1.86. The van der Waals surface area contributed by atoms with Gasteiger partial charge in [0.05, 0.1) is 13.5 Å². The van der Waals surface area contributed by atoms with E-state index >= 15 is 0 Å². The summed E-state index contributed by atoms with van der Waals surface area (Å²) in [5.74, 6) is -0.207. The molecule has 0 amide bonds.